The van der Waals surface area contributed by atoms with Crippen molar-refractivity contribution in [3.8, 4) is 0 Å². The van der Waals surface area contributed by atoms with Crippen molar-refractivity contribution < 1.29 is 28.9 Å². The molecule has 0 aromatic heterocycles. The monoisotopic (exact) mass is 510 g/mol. The average molecular weight is 511 g/mol. The Morgan fingerprint density at radius 3 is 2.22 bits per heavy atom. The Morgan fingerprint density at radius 1 is 1.08 bits per heavy atom. The normalized spacial score (nSPS) is 30.3. The summed E-state index contributed by atoms with van der Waals surface area (Å²) in [6.07, 6.45) is -2.04. The summed E-state index contributed by atoms with van der Waals surface area (Å²) in [5.41, 5.74) is -0.561. The van der Waals surface area contributed by atoms with Crippen molar-refractivity contribution >= 4 is 24.7 Å². The number of aliphatic hydroxyl groups is 2. The van der Waals surface area contributed by atoms with Crippen LogP contribution in [0, 0.1) is 0 Å². The lowest BCUT2D eigenvalue weighted by Crippen LogP contribution is -2.68. The SMILES string of the molecule is CC1=CN([C@@H]2O[C@@]3(CO[Si](c4ccccc4)(c4ccccc4)C(C)(C)C)CO[C@H]2C3O)C(=O)NC1O. The Hall–Kier alpha value is -2.53. The van der Waals surface area contributed by atoms with Crippen LogP contribution in [0.15, 0.2) is 72.4 Å². The van der Waals surface area contributed by atoms with Crippen molar-refractivity contribution in [3.05, 3.63) is 72.4 Å². The standard InChI is InChI=1S/C27H34N2O6Si/c1-18-15-29(25(32)28-23(18)31)24-21-22(30)27(35-24,16-33-21)17-34-36(26(2,3)4,19-11-7-5-8-12-19)20-13-9-6-10-14-20/h5-15,21-24,30-31H,16-17H2,1-4H3,(H,28,32)/t21-,22?,23?,24+,27+/m0/s1. The lowest BCUT2D eigenvalue weighted by atomic mass is 10.0. The van der Waals surface area contributed by atoms with Crippen LogP contribution in [0.4, 0.5) is 4.79 Å². The van der Waals surface area contributed by atoms with E-state index in [4.69, 9.17) is 13.9 Å². The molecule has 3 N–H and O–H groups in total. The first-order chi connectivity index (χ1) is 17.1. The highest BCUT2D eigenvalue weighted by atomic mass is 28.4. The van der Waals surface area contributed by atoms with E-state index in [0.29, 0.717) is 5.57 Å². The van der Waals surface area contributed by atoms with Crippen LogP contribution in [-0.2, 0) is 13.9 Å². The van der Waals surface area contributed by atoms with Crippen LogP contribution in [0.1, 0.15) is 27.7 Å². The molecular formula is C27H34N2O6Si. The third kappa shape index (κ3) is 3.91. The molecule has 2 aromatic rings. The molecule has 3 aliphatic heterocycles. The van der Waals surface area contributed by atoms with E-state index in [2.05, 4.69) is 50.4 Å². The van der Waals surface area contributed by atoms with Crippen molar-refractivity contribution in [2.75, 3.05) is 13.2 Å². The Bertz CT molecular complexity index is 1100. The predicted octanol–water partition coefficient (Wildman–Crippen LogP) is 1.67. The van der Waals surface area contributed by atoms with E-state index in [-0.39, 0.29) is 18.3 Å². The van der Waals surface area contributed by atoms with Crippen LogP contribution in [0.3, 0.4) is 0 Å². The molecule has 2 amide bonds. The second-order valence-corrected chi connectivity index (χ2v) is 15.2. The van der Waals surface area contributed by atoms with E-state index in [0.717, 1.165) is 10.4 Å². The molecule has 2 aromatic carbocycles. The predicted molar refractivity (Wildman–Crippen MR) is 137 cm³/mol. The molecule has 0 saturated carbocycles. The van der Waals surface area contributed by atoms with Crippen LogP contribution in [0.5, 0.6) is 0 Å². The first-order valence-corrected chi connectivity index (χ1v) is 14.2. The molecule has 3 heterocycles. The molecule has 3 aliphatic rings. The number of carbonyl (C=O) groups excluding carboxylic acids is 1. The van der Waals surface area contributed by atoms with Gasteiger partial charge in [-0.15, -0.1) is 0 Å². The number of benzene rings is 2. The molecule has 0 spiro atoms. The molecule has 2 fully saturated rings. The zero-order chi connectivity index (χ0) is 25.7. The number of hydrogen-bond donors (Lipinski definition) is 3. The van der Waals surface area contributed by atoms with E-state index in [9.17, 15) is 15.0 Å². The first-order valence-electron chi connectivity index (χ1n) is 12.3. The molecule has 0 aliphatic carbocycles. The van der Waals surface area contributed by atoms with Gasteiger partial charge in [0.1, 0.15) is 17.8 Å². The largest absolute Gasteiger partial charge is 0.404 e. The molecule has 0 radical (unpaired) electrons. The molecule has 2 saturated heterocycles. The third-order valence-corrected chi connectivity index (χ3v) is 12.5. The zero-order valence-corrected chi connectivity index (χ0v) is 22.0. The quantitative estimate of drug-likeness (QED) is 0.511. The summed E-state index contributed by atoms with van der Waals surface area (Å²) in [7, 11) is -2.87. The van der Waals surface area contributed by atoms with Crippen LogP contribution in [0.25, 0.3) is 0 Å². The molecule has 8 nitrogen and oxygen atoms in total. The molecule has 9 heteroatoms. The fraction of sp³-hybridized carbons (Fsp3) is 0.444. The number of ether oxygens (including phenoxy) is 2. The minimum atomic E-state index is -2.87. The topological polar surface area (TPSA) is 100 Å². The Kier molecular flexibility index (Phi) is 6.35. The summed E-state index contributed by atoms with van der Waals surface area (Å²) in [5, 5.41) is 25.7. The number of nitrogens with one attached hydrogen (secondary N) is 1. The molecule has 2 bridgehead atoms. The molecule has 2 unspecified atom stereocenters. The second-order valence-electron chi connectivity index (χ2n) is 10.9. The smallest absolute Gasteiger partial charge is 0.325 e. The summed E-state index contributed by atoms with van der Waals surface area (Å²) in [4.78, 5) is 14.0. The van der Waals surface area contributed by atoms with Crippen molar-refractivity contribution in [1.29, 1.82) is 0 Å². The number of urea groups is 1. The van der Waals surface area contributed by atoms with Gasteiger partial charge in [-0.1, -0.05) is 81.4 Å². The summed E-state index contributed by atoms with van der Waals surface area (Å²) < 4.78 is 19.4. The van der Waals surface area contributed by atoms with Gasteiger partial charge in [0.05, 0.1) is 13.2 Å². The summed E-state index contributed by atoms with van der Waals surface area (Å²) in [6, 6.07) is 20.0. The lowest BCUT2D eigenvalue weighted by Gasteiger charge is -2.45. The number of carbonyl (C=O) groups is 1. The van der Waals surface area contributed by atoms with E-state index in [1.165, 1.54) is 4.90 Å². The number of fused-ring (bicyclic) bond motifs is 2. The van der Waals surface area contributed by atoms with Crippen molar-refractivity contribution in [2.24, 2.45) is 0 Å². The number of aliphatic hydroxyl groups excluding tert-OH is 2. The zero-order valence-electron chi connectivity index (χ0n) is 21.0. The van der Waals surface area contributed by atoms with Crippen LogP contribution in [-0.4, -0.2) is 72.9 Å². The van der Waals surface area contributed by atoms with Gasteiger partial charge in [-0.2, -0.15) is 0 Å². The lowest BCUT2D eigenvalue weighted by molar-refractivity contribution is -0.188. The summed E-state index contributed by atoms with van der Waals surface area (Å²) >= 11 is 0. The highest BCUT2D eigenvalue weighted by Crippen LogP contribution is 2.44. The molecule has 5 atom stereocenters. The van der Waals surface area contributed by atoms with E-state index in [1.807, 2.05) is 36.4 Å². The Balaban J connectivity index is 1.49. The maximum Gasteiger partial charge on any atom is 0.325 e. The van der Waals surface area contributed by atoms with Gasteiger partial charge in [0.2, 0.25) is 0 Å². The van der Waals surface area contributed by atoms with Crippen LogP contribution in [0.2, 0.25) is 5.04 Å². The van der Waals surface area contributed by atoms with Gasteiger partial charge in [0.25, 0.3) is 8.32 Å². The van der Waals surface area contributed by atoms with Gasteiger partial charge in [0, 0.05) is 6.20 Å². The fourth-order valence-corrected chi connectivity index (χ4v) is 10.2. The van der Waals surface area contributed by atoms with Crippen LogP contribution >= 0.6 is 0 Å². The first kappa shape index (κ1) is 25.1. The Morgan fingerprint density at radius 2 is 1.67 bits per heavy atom. The van der Waals surface area contributed by atoms with Gasteiger partial charge in [-0.3, -0.25) is 4.90 Å². The average Bonchev–Trinajstić information content (AvgIpc) is 3.31. The van der Waals surface area contributed by atoms with E-state index < -0.39 is 44.6 Å². The highest BCUT2D eigenvalue weighted by Gasteiger charge is 2.64. The van der Waals surface area contributed by atoms with Gasteiger partial charge >= 0.3 is 6.03 Å². The highest BCUT2D eigenvalue weighted by molar-refractivity contribution is 6.99. The summed E-state index contributed by atoms with van der Waals surface area (Å²) in [6.45, 7) is 8.55. The maximum absolute atomic E-state index is 12.6. The molecular weight excluding hydrogens is 476 g/mol. The Labute approximate surface area is 212 Å². The number of nitrogens with zero attached hydrogens (tertiary/aromatic N) is 1. The van der Waals surface area contributed by atoms with E-state index in [1.54, 1.807) is 13.1 Å². The third-order valence-electron chi connectivity index (χ3n) is 7.50. The molecule has 36 heavy (non-hydrogen) atoms. The minimum absolute atomic E-state index is 0.106. The van der Waals surface area contributed by atoms with Gasteiger partial charge < -0.3 is 29.4 Å². The fourth-order valence-electron chi connectivity index (χ4n) is 5.57. The minimum Gasteiger partial charge on any atom is -0.404 e. The number of hydrogen-bond acceptors (Lipinski definition) is 6. The number of rotatable bonds is 6. The van der Waals surface area contributed by atoms with Crippen molar-refractivity contribution in [2.45, 2.75) is 63.0 Å². The summed E-state index contributed by atoms with van der Waals surface area (Å²) in [5.74, 6) is 0. The van der Waals surface area contributed by atoms with E-state index >= 15 is 0 Å². The number of amides is 2. The maximum atomic E-state index is 12.6. The molecule has 192 valence electrons. The van der Waals surface area contributed by atoms with Crippen molar-refractivity contribution in [3.63, 3.8) is 0 Å². The molecule has 5 rings (SSSR count). The van der Waals surface area contributed by atoms with Crippen LogP contribution < -0.4 is 15.7 Å². The second kappa shape index (κ2) is 9.09. The van der Waals surface area contributed by atoms with Crippen molar-refractivity contribution in [1.82, 2.24) is 10.2 Å². The van der Waals surface area contributed by atoms with Gasteiger partial charge in [-0.05, 0) is 27.9 Å². The van der Waals surface area contributed by atoms with Gasteiger partial charge in [0.15, 0.2) is 12.5 Å². The van der Waals surface area contributed by atoms with Gasteiger partial charge in [-0.25, -0.2) is 4.79 Å².